The standard InChI is InChI=1S/C21H25NO5/c1-15(2)13-26-18-4-3-5-19(12-18)27-14-20(23)22-17-9-6-16(7-10-17)8-11-21(24)25/h3-7,9-10,12,15H,8,11,13-14H2,1-2H3,(H,22,23)(H,24,25). The van der Waals surface area contributed by atoms with Gasteiger partial charge in [0.05, 0.1) is 6.61 Å². The molecule has 0 spiro atoms. The van der Waals surface area contributed by atoms with Gasteiger partial charge in [-0.1, -0.05) is 32.0 Å². The van der Waals surface area contributed by atoms with E-state index in [1.807, 2.05) is 12.1 Å². The van der Waals surface area contributed by atoms with Crippen LogP contribution in [0.2, 0.25) is 0 Å². The number of carboxylic acid groups (broad SMARTS) is 1. The number of carbonyl (C=O) groups excluding carboxylic acids is 1. The zero-order valence-electron chi connectivity index (χ0n) is 15.6. The summed E-state index contributed by atoms with van der Waals surface area (Å²) in [6.45, 7) is 4.65. The number of carbonyl (C=O) groups is 2. The Morgan fingerprint density at radius 3 is 2.33 bits per heavy atom. The maximum absolute atomic E-state index is 12.0. The molecule has 0 bridgehead atoms. The number of rotatable bonds is 10. The Balaban J connectivity index is 1.80. The van der Waals surface area contributed by atoms with Crippen molar-refractivity contribution in [2.45, 2.75) is 26.7 Å². The van der Waals surface area contributed by atoms with Crippen molar-refractivity contribution in [3.63, 3.8) is 0 Å². The van der Waals surface area contributed by atoms with Gasteiger partial charge >= 0.3 is 5.97 Å². The molecule has 0 saturated carbocycles. The van der Waals surface area contributed by atoms with Gasteiger partial charge in [-0.15, -0.1) is 0 Å². The smallest absolute Gasteiger partial charge is 0.303 e. The van der Waals surface area contributed by atoms with Gasteiger partial charge in [-0.2, -0.15) is 0 Å². The lowest BCUT2D eigenvalue weighted by atomic mass is 10.1. The van der Waals surface area contributed by atoms with Crippen molar-refractivity contribution in [2.24, 2.45) is 5.92 Å². The molecule has 0 atom stereocenters. The van der Waals surface area contributed by atoms with Crippen LogP contribution in [-0.4, -0.2) is 30.2 Å². The first-order chi connectivity index (χ1) is 12.9. The number of carboxylic acids is 1. The highest BCUT2D eigenvalue weighted by atomic mass is 16.5. The summed E-state index contributed by atoms with van der Waals surface area (Å²) in [6.07, 6.45) is 0.543. The predicted octanol–water partition coefficient (Wildman–Crippen LogP) is 3.76. The molecule has 0 aliphatic carbocycles. The highest BCUT2D eigenvalue weighted by Gasteiger charge is 2.06. The number of hydrogen-bond acceptors (Lipinski definition) is 4. The normalized spacial score (nSPS) is 10.5. The number of benzene rings is 2. The zero-order chi connectivity index (χ0) is 19.6. The Morgan fingerprint density at radius 2 is 1.70 bits per heavy atom. The Hall–Kier alpha value is -3.02. The first-order valence-electron chi connectivity index (χ1n) is 8.88. The number of ether oxygens (including phenoxy) is 2. The maximum atomic E-state index is 12.0. The van der Waals surface area contributed by atoms with E-state index in [4.69, 9.17) is 14.6 Å². The minimum atomic E-state index is -0.830. The monoisotopic (exact) mass is 371 g/mol. The number of amides is 1. The van der Waals surface area contributed by atoms with E-state index in [0.29, 0.717) is 36.1 Å². The molecule has 0 aliphatic heterocycles. The summed E-state index contributed by atoms with van der Waals surface area (Å²) in [5, 5.41) is 11.4. The summed E-state index contributed by atoms with van der Waals surface area (Å²) in [5.74, 6) is 0.592. The molecule has 0 heterocycles. The van der Waals surface area contributed by atoms with Gasteiger partial charge in [0, 0.05) is 18.2 Å². The van der Waals surface area contributed by atoms with Crippen LogP contribution in [-0.2, 0) is 16.0 Å². The highest BCUT2D eigenvalue weighted by Crippen LogP contribution is 2.20. The zero-order valence-corrected chi connectivity index (χ0v) is 15.6. The molecule has 0 saturated heterocycles. The van der Waals surface area contributed by atoms with Crippen molar-refractivity contribution in [3.05, 3.63) is 54.1 Å². The number of aliphatic carboxylic acids is 1. The second-order valence-electron chi connectivity index (χ2n) is 6.61. The van der Waals surface area contributed by atoms with Gasteiger partial charge in [0.15, 0.2) is 6.61 Å². The van der Waals surface area contributed by atoms with Crippen molar-refractivity contribution in [2.75, 3.05) is 18.5 Å². The van der Waals surface area contributed by atoms with E-state index in [1.54, 1.807) is 36.4 Å². The Kier molecular flexibility index (Phi) is 7.67. The molecule has 27 heavy (non-hydrogen) atoms. The molecule has 2 N–H and O–H groups in total. The molecule has 0 fully saturated rings. The van der Waals surface area contributed by atoms with E-state index < -0.39 is 5.97 Å². The number of anilines is 1. The quantitative estimate of drug-likeness (QED) is 0.664. The SMILES string of the molecule is CC(C)COc1cccc(OCC(=O)Nc2ccc(CCC(=O)O)cc2)c1. The third-order valence-electron chi connectivity index (χ3n) is 3.62. The number of aryl methyl sites for hydroxylation is 1. The lowest BCUT2D eigenvalue weighted by molar-refractivity contribution is -0.137. The molecule has 144 valence electrons. The third-order valence-corrected chi connectivity index (χ3v) is 3.62. The van der Waals surface area contributed by atoms with Gasteiger partial charge in [0.25, 0.3) is 5.91 Å². The van der Waals surface area contributed by atoms with Crippen LogP contribution in [0.25, 0.3) is 0 Å². The van der Waals surface area contributed by atoms with Crippen molar-refractivity contribution < 1.29 is 24.2 Å². The average molecular weight is 371 g/mol. The van der Waals surface area contributed by atoms with Crippen LogP contribution in [0.3, 0.4) is 0 Å². The summed E-state index contributed by atoms with van der Waals surface area (Å²) in [5.41, 5.74) is 1.54. The van der Waals surface area contributed by atoms with E-state index in [9.17, 15) is 9.59 Å². The molecule has 2 rings (SSSR count). The van der Waals surface area contributed by atoms with Crippen LogP contribution < -0.4 is 14.8 Å². The van der Waals surface area contributed by atoms with Gasteiger partial charge < -0.3 is 19.9 Å². The molecular weight excluding hydrogens is 346 g/mol. The average Bonchev–Trinajstić information content (AvgIpc) is 2.64. The van der Waals surface area contributed by atoms with Crippen LogP contribution in [0.1, 0.15) is 25.8 Å². The molecule has 0 unspecified atom stereocenters. The van der Waals surface area contributed by atoms with Gasteiger partial charge in [-0.25, -0.2) is 0 Å². The minimum absolute atomic E-state index is 0.0828. The number of nitrogens with one attached hydrogen (secondary N) is 1. The Bertz CT molecular complexity index is 755. The molecule has 6 nitrogen and oxygen atoms in total. The number of hydrogen-bond donors (Lipinski definition) is 2. The largest absolute Gasteiger partial charge is 0.493 e. The van der Waals surface area contributed by atoms with Crippen molar-refractivity contribution in [3.8, 4) is 11.5 Å². The lowest BCUT2D eigenvalue weighted by Crippen LogP contribution is -2.20. The minimum Gasteiger partial charge on any atom is -0.493 e. The molecule has 2 aromatic carbocycles. The van der Waals surface area contributed by atoms with E-state index in [-0.39, 0.29) is 18.9 Å². The molecular formula is C21H25NO5. The van der Waals surface area contributed by atoms with E-state index in [1.165, 1.54) is 0 Å². The van der Waals surface area contributed by atoms with Crippen LogP contribution in [0.5, 0.6) is 11.5 Å². The molecule has 0 radical (unpaired) electrons. The van der Waals surface area contributed by atoms with Crippen LogP contribution >= 0.6 is 0 Å². The second-order valence-corrected chi connectivity index (χ2v) is 6.61. The molecule has 0 aliphatic rings. The summed E-state index contributed by atoms with van der Waals surface area (Å²) in [7, 11) is 0. The molecule has 0 aromatic heterocycles. The topological polar surface area (TPSA) is 84.9 Å². The fraction of sp³-hybridized carbons (Fsp3) is 0.333. The first kappa shape index (κ1) is 20.3. The molecule has 6 heteroatoms. The summed E-state index contributed by atoms with van der Waals surface area (Å²) in [6, 6.07) is 14.3. The van der Waals surface area contributed by atoms with E-state index in [2.05, 4.69) is 19.2 Å². The van der Waals surface area contributed by atoms with Gasteiger partial charge in [-0.05, 0) is 42.2 Å². The fourth-order valence-corrected chi connectivity index (χ4v) is 2.27. The second kappa shape index (κ2) is 10.2. The van der Waals surface area contributed by atoms with Crippen molar-refractivity contribution >= 4 is 17.6 Å². The summed E-state index contributed by atoms with van der Waals surface area (Å²) < 4.78 is 11.2. The van der Waals surface area contributed by atoms with E-state index >= 15 is 0 Å². The van der Waals surface area contributed by atoms with Crippen LogP contribution in [0.15, 0.2) is 48.5 Å². The summed E-state index contributed by atoms with van der Waals surface area (Å²) >= 11 is 0. The third kappa shape index (κ3) is 7.81. The fourth-order valence-electron chi connectivity index (χ4n) is 2.27. The van der Waals surface area contributed by atoms with Crippen LogP contribution in [0, 0.1) is 5.92 Å². The van der Waals surface area contributed by atoms with Gasteiger partial charge in [0.1, 0.15) is 11.5 Å². The van der Waals surface area contributed by atoms with Crippen molar-refractivity contribution in [1.29, 1.82) is 0 Å². The van der Waals surface area contributed by atoms with Gasteiger partial charge in [-0.3, -0.25) is 9.59 Å². The summed E-state index contributed by atoms with van der Waals surface area (Å²) in [4.78, 5) is 22.6. The molecule has 2 aromatic rings. The lowest BCUT2D eigenvalue weighted by Gasteiger charge is -2.11. The maximum Gasteiger partial charge on any atom is 0.303 e. The molecule has 1 amide bonds. The predicted molar refractivity (Wildman–Crippen MR) is 103 cm³/mol. The van der Waals surface area contributed by atoms with Gasteiger partial charge in [0.2, 0.25) is 0 Å². The van der Waals surface area contributed by atoms with Crippen LogP contribution in [0.4, 0.5) is 5.69 Å². The van der Waals surface area contributed by atoms with E-state index in [0.717, 1.165) is 5.56 Å². The first-order valence-corrected chi connectivity index (χ1v) is 8.88. The van der Waals surface area contributed by atoms with Crippen molar-refractivity contribution in [1.82, 2.24) is 0 Å². The highest BCUT2D eigenvalue weighted by molar-refractivity contribution is 5.91. The Labute approximate surface area is 159 Å². The Morgan fingerprint density at radius 1 is 1.04 bits per heavy atom.